The van der Waals surface area contributed by atoms with E-state index in [2.05, 4.69) is 22.4 Å². The summed E-state index contributed by atoms with van der Waals surface area (Å²) in [5.41, 5.74) is 4.22. The number of hydrogen-bond donors (Lipinski definition) is 1. The van der Waals surface area contributed by atoms with E-state index in [1.54, 1.807) is 24.2 Å². The third-order valence-electron chi connectivity index (χ3n) is 4.71. The Balaban J connectivity index is 1.42. The Morgan fingerprint density at radius 1 is 1.15 bits per heavy atom. The van der Waals surface area contributed by atoms with Crippen molar-refractivity contribution in [3.05, 3.63) is 94.3 Å². The zero-order valence-corrected chi connectivity index (χ0v) is 16.3. The lowest BCUT2D eigenvalue weighted by atomic mass is 10.1. The Labute approximate surface area is 168 Å². The van der Waals surface area contributed by atoms with Crippen molar-refractivity contribution in [2.45, 2.75) is 29.5 Å². The number of benzene rings is 2. The first kappa shape index (κ1) is 18.1. The number of carbonyl (C=O) groups excluding carboxylic acids is 1. The maximum atomic E-state index is 12.7. The zero-order valence-electron chi connectivity index (χ0n) is 14.7. The van der Waals surface area contributed by atoms with Crippen LogP contribution >= 0.6 is 23.4 Å². The van der Waals surface area contributed by atoms with Crippen LogP contribution in [0.25, 0.3) is 0 Å². The average molecular weight is 395 g/mol. The molecule has 0 saturated carbocycles. The van der Waals surface area contributed by atoms with Crippen LogP contribution < -0.4 is 5.32 Å². The van der Waals surface area contributed by atoms with Crippen LogP contribution in [0.2, 0.25) is 5.02 Å². The molecule has 0 saturated heterocycles. The van der Waals surface area contributed by atoms with Gasteiger partial charge in [0.15, 0.2) is 0 Å². The van der Waals surface area contributed by atoms with E-state index in [0.29, 0.717) is 5.56 Å². The number of aromatic nitrogens is 1. The van der Waals surface area contributed by atoms with E-state index in [1.807, 2.05) is 42.5 Å². The van der Waals surface area contributed by atoms with E-state index in [1.165, 1.54) is 11.1 Å². The highest BCUT2D eigenvalue weighted by atomic mass is 35.5. The quantitative estimate of drug-likeness (QED) is 0.585. The summed E-state index contributed by atoms with van der Waals surface area (Å²) in [6, 6.07) is 18.1. The first-order valence-electron chi connectivity index (χ1n) is 8.90. The van der Waals surface area contributed by atoms with Crippen LogP contribution in [0, 0.1) is 0 Å². The molecule has 1 aliphatic carbocycles. The van der Waals surface area contributed by atoms with E-state index < -0.39 is 0 Å². The number of carbonyl (C=O) groups is 1. The van der Waals surface area contributed by atoms with Crippen LogP contribution in [0.1, 0.15) is 39.5 Å². The van der Waals surface area contributed by atoms with Crippen molar-refractivity contribution in [1.29, 1.82) is 0 Å². The molecule has 4 rings (SSSR count). The molecule has 0 unspecified atom stereocenters. The minimum atomic E-state index is -0.0857. The lowest BCUT2D eigenvalue weighted by molar-refractivity contribution is 0.0936. The predicted molar refractivity (Wildman–Crippen MR) is 110 cm³/mol. The molecule has 3 nitrogen and oxygen atoms in total. The summed E-state index contributed by atoms with van der Waals surface area (Å²) in [5, 5.41) is 3.88. The Morgan fingerprint density at radius 2 is 2.00 bits per heavy atom. The minimum Gasteiger partial charge on any atom is -0.345 e. The van der Waals surface area contributed by atoms with Crippen LogP contribution in [-0.4, -0.2) is 10.9 Å². The molecule has 2 aromatic carbocycles. The van der Waals surface area contributed by atoms with Crippen molar-refractivity contribution in [1.82, 2.24) is 10.3 Å². The molecule has 0 fully saturated rings. The first-order valence-corrected chi connectivity index (χ1v) is 10.3. The number of halogens is 1. The number of aryl methyl sites for hydroxylation is 1. The maximum absolute atomic E-state index is 12.7. The second kappa shape index (κ2) is 8.15. The van der Waals surface area contributed by atoms with Gasteiger partial charge in [-0.1, -0.05) is 48.0 Å². The molecule has 0 bridgehead atoms. The van der Waals surface area contributed by atoms with Crippen LogP contribution in [0.5, 0.6) is 0 Å². The lowest BCUT2D eigenvalue weighted by Crippen LogP contribution is -2.27. The summed E-state index contributed by atoms with van der Waals surface area (Å²) in [5.74, 6) is 0.766. The van der Waals surface area contributed by atoms with Gasteiger partial charge in [0.2, 0.25) is 0 Å². The molecule has 0 spiro atoms. The van der Waals surface area contributed by atoms with Gasteiger partial charge in [0.05, 0.1) is 11.6 Å². The van der Waals surface area contributed by atoms with E-state index in [-0.39, 0.29) is 11.9 Å². The van der Waals surface area contributed by atoms with Crippen LogP contribution in [0.15, 0.2) is 71.9 Å². The highest BCUT2D eigenvalue weighted by Gasteiger charge is 2.24. The topological polar surface area (TPSA) is 42.0 Å². The van der Waals surface area contributed by atoms with Crippen molar-refractivity contribution in [3.63, 3.8) is 0 Å². The summed E-state index contributed by atoms with van der Waals surface area (Å²) in [6.45, 7) is 0. The molecule has 3 aromatic rings. The van der Waals surface area contributed by atoms with E-state index in [9.17, 15) is 4.79 Å². The summed E-state index contributed by atoms with van der Waals surface area (Å²) < 4.78 is 0. The molecule has 1 aliphatic rings. The number of nitrogens with one attached hydrogen (secondary N) is 1. The van der Waals surface area contributed by atoms with Gasteiger partial charge in [-0.3, -0.25) is 9.78 Å². The smallest absolute Gasteiger partial charge is 0.253 e. The largest absolute Gasteiger partial charge is 0.345 e. The van der Waals surface area contributed by atoms with Crippen molar-refractivity contribution in [2.24, 2.45) is 0 Å². The first-order chi connectivity index (χ1) is 13.2. The van der Waals surface area contributed by atoms with Crippen molar-refractivity contribution < 1.29 is 4.79 Å². The number of thioether (sulfide) groups is 1. The fraction of sp³-hybridized carbons (Fsp3) is 0.182. The summed E-state index contributed by atoms with van der Waals surface area (Å²) >= 11 is 7.75. The number of nitrogens with zero attached hydrogens (tertiary/aromatic N) is 1. The Morgan fingerprint density at radius 3 is 2.85 bits per heavy atom. The van der Waals surface area contributed by atoms with E-state index >= 15 is 0 Å². The van der Waals surface area contributed by atoms with Gasteiger partial charge >= 0.3 is 0 Å². The highest BCUT2D eigenvalue weighted by molar-refractivity contribution is 7.98. The number of amides is 1. The third-order valence-corrected chi connectivity index (χ3v) is 5.98. The molecule has 1 heterocycles. The van der Waals surface area contributed by atoms with Crippen LogP contribution in [-0.2, 0) is 12.2 Å². The average Bonchev–Trinajstić information content (AvgIpc) is 3.09. The Kier molecular flexibility index (Phi) is 5.46. The van der Waals surface area contributed by atoms with Crippen molar-refractivity contribution >= 4 is 29.3 Å². The lowest BCUT2D eigenvalue weighted by Gasteiger charge is -2.14. The third kappa shape index (κ3) is 4.34. The van der Waals surface area contributed by atoms with E-state index in [0.717, 1.165) is 34.1 Å². The highest BCUT2D eigenvalue weighted by Crippen LogP contribution is 2.33. The van der Waals surface area contributed by atoms with Gasteiger partial charge in [-0.05, 0) is 47.7 Å². The molecule has 1 atom stereocenters. The molecule has 27 heavy (non-hydrogen) atoms. The van der Waals surface area contributed by atoms with Crippen LogP contribution in [0.3, 0.4) is 0 Å². The van der Waals surface area contributed by atoms with Gasteiger partial charge in [0.1, 0.15) is 0 Å². The standard InChI is InChI=1S/C22H19ClN2OS/c23-18-7-8-20-16(10-18)6-9-21(20)25-22(26)17-11-19(13-24-12-17)27-14-15-4-2-1-3-5-15/h1-5,7-8,10-13,21H,6,9,14H2,(H,25,26)/t21-/m1/s1. The number of fused-ring (bicyclic) bond motifs is 1. The fourth-order valence-corrected chi connectivity index (χ4v) is 4.41. The molecule has 1 aromatic heterocycles. The van der Waals surface area contributed by atoms with Gasteiger partial charge in [-0.15, -0.1) is 11.8 Å². The fourth-order valence-electron chi connectivity index (χ4n) is 3.34. The van der Waals surface area contributed by atoms with Crippen LogP contribution in [0.4, 0.5) is 0 Å². The molecule has 0 aliphatic heterocycles. The van der Waals surface area contributed by atoms with Gasteiger partial charge in [0, 0.05) is 28.1 Å². The van der Waals surface area contributed by atoms with Crippen molar-refractivity contribution in [2.75, 3.05) is 0 Å². The number of hydrogen-bond acceptors (Lipinski definition) is 3. The summed E-state index contributed by atoms with van der Waals surface area (Å²) in [6.07, 6.45) is 5.26. The monoisotopic (exact) mass is 394 g/mol. The maximum Gasteiger partial charge on any atom is 0.253 e. The number of rotatable bonds is 5. The normalized spacial score (nSPS) is 15.4. The van der Waals surface area contributed by atoms with Gasteiger partial charge in [-0.25, -0.2) is 0 Å². The Hall–Kier alpha value is -2.30. The molecule has 1 amide bonds. The summed E-state index contributed by atoms with van der Waals surface area (Å²) in [7, 11) is 0. The second-order valence-corrected chi connectivity index (χ2v) is 8.08. The van der Waals surface area contributed by atoms with Gasteiger partial charge in [-0.2, -0.15) is 0 Å². The molecule has 136 valence electrons. The Bertz CT molecular complexity index is 962. The minimum absolute atomic E-state index is 0.0328. The van der Waals surface area contributed by atoms with Gasteiger partial charge < -0.3 is 5.32 Å². The molecule has 0 radical (unpaired) electrons. The van der Waals surface area contributed by atoms with Crippen molar-refractivity contribution in [3.8, 4) is 0 Å². The molecule has 1 N–H and O–H groups in total. The predicted octanol–water partition coefficient (Wildman–Crippen LogP) is 5.44. The zero-order chi connectivity index (χ0) is 18.6. The molecular formula is C22H19ClN2OS. The number of pyridine rings is 1. The molecule has 5 heteroatoms. The summed E-state index contributed by atoms with van der Waals surface area (Å²) in [4.78, 5) is 18.0. The van der Waals surface area contributed by atoms with Gasteiger partial charge in [0.25, 0.3) is 5.91 Å². The molecular weight excluding hydrogens is 376 g/mol. The van der Waals surface area contributed by atoms with E-state index in [4.69, 9.17) is 11.6 Å². The second-order valence-electron chi connectivity index (χ2n) is 6.59. The SMILES string of the molecule is O=C(N[C@@H]1CCc2cc(Cl)ccc21)c1cncc(SCc2ccccc2)c1.